The molecule has 2 saturated heterocycles. The van der Waals surface area contributed by atoms with Crippen molar-refractivity contribution < 1.29 is 9.59 Å². The molecule has 0 spiro atoms. The number of anilines is 1. The van der Waals surface area contributed by atoms with E-state index in [2.05, 4.69) is 33.2 Å². The molecule has 30 heavy (non-hydrogen) atoms. The second-order valence-electron chi connectivity index (χ2n) is 8.56. The Kier molecular flexibility index (Phi) is 5.45. The zero-order valence-corrected chi connectivity index (χ0v) is 18.1. The van der Waals surface area contributed by atoms with E-state index in [0.717, 1.165) is 41.3 Å². The van der Waals surface area contributed by atoms with Crippen molar-refractivity contribution in [3.05, 3.63) is 52.5 Å². The molecule has 2 aromatic heterocycles. The van der Waals surface area contributed by atoms with Crippen LogP contribution in [0.5, 0.6) is 0 Å². The quantitative estimate of drug-likeness (QED) is 0.844. The molecule has 2 aliphatic rings. The summed E-state index contributed by atoms with van der Waals surface area (Å²) >= 11 is 0. The zero-order chi connectivity index (χ0) is 21.4. The number of rotatable bonds is 3. The molecule has 7 heteroatoms. The predicted octanol–water partition coefficient (Wildman–Crippen LogP) is 2.21. The largest absolute Gasteiger partial charge is 0.355 e. The SMILES string of the molecule is Cc1cnc(N2CCN(C(=O)c3cnc([C@@H]4C(=O)NCC4C)cc3C)CC2)c(C)c1. The first-order valence-corrected chi connectivity index (χ1v) is 10.6. The number of aryl methyl sites for hydroxylation is 3. The normalized spacial score (nSPS) is 21.7. The molecule has 0 aromatic carbocycles. The number of nitrogens with one attached hydrogen (secondary N) is 1. The minimum Gasteiger partial charge on any atom is -0.355 e. The molecular formula is C23H29N5O2. The summed E-state index contributed by atoms with van der Waals surface area (Å²) in [6.07, 6.45) is 3.53. The van der Waals surface area contributed by atoms with Crippen molar-refractivity contribution in [3.63, 3.8) is 0 Å². The molecule has 2 atom stereocenters. The maximum atomic E-state index is 13.1. The fourth-order valence-corrected chi connectivity index (χ4v) is 4.48. The van der Waals surface area contributed by atoms with E-state index in [9.17, 15) is 9.59 Å². The molecule has 2 fully saturated rings. The number of nitrogens with zero attached hydrogens (tertiary/aromatic N) is 4. The number of carbonyl (C=O) groups is 2. The van der Waals surface area contributed by atoms with Gasteiger partial charge in [-0.2, -0.15) is 0 Å². The average Bonchev–Trinajstić information content (AvgIpc) is 3.06. The number of aromatic nitrogens is 2. The van der Waals surface area contributed by atoms with E-state index in [1.165, 1.54) is 0 Å². The molecule has 0 bridgehead atoms. The molecule has 2 aromatic rings. The van der Waals surface area contributed by atoms with Crippen LogP contribution < -0.4 is 10.2 Å². The molecule has 0 radical (unpaired) electrons. The molecule has 4 heterocycles. The fourth-order valence-electron chi connectivity index (χ4n) is 4.48. The van der Waals surface area contributed by atoms with Gasteiger partial charge in [0.2, 0.25) is 5.91 Å². The van der Waals surface area contributed by atoms with Gasteiger partial charge in [0.15, 0.2) is 0 Å². The minimum atomic E-state index is -0.235. The van der Waals surface area contributed by atoms with Crippen LogP contribution in [0.15, 0.2) is 24.5 Å². The van der Waals surface area contributed by atoms with E-state index < -0.39 is 0 Å². The minimum absolute atomic E-state index is 0.00343. The van der Waals surface area contributed by atoms with Crippen molar-refractivity contribution in [2.75, 3.05) is 37.6 Å². The lowest BCUT2D eigenvalue weighted by atomic mass is 9.92. The first-order valence-electron chi connectivity index (χ1n) is 10.6. The van der Waals surface area contributed by atoms with E-state index >= 15 is 0 Å². The number of pyridine rings is 2. The highest BCUT2D eigenvalue weighted by Crippen LogP contribution is 2.29. The third-order valence-corrected chi connectivity index (χ3v) is 6.18. The third kappa shape index (κ3) is 3.76. The molecule has 4 rings (SSSR count). The predicted molar refractivity (Wildman–Crippen MR) is 116 cm³/mol. The van der Waals surface area contributed by atoms with Crippen molar-refractivity contribution >= 4 is 17.6 Å². The summed E-state index contributed by atoms with van der Waals surface area (Å²) < 4.78 is 0. The average molecular weight is 408 g/mol. The van der Waals surface area contributed by atoms with Gasteiger partial charge in [-0.15, -0.1) is 0 Å². The van der Waals surface area contributed by atoms with Crippen molar-refractivity contribution in [2.45, 2.75) is 33.6 Å². The summed E-state index contributed by atoms with van der Waals surface area (Å²) in [7, 11) is 0. The maximum absolute atomic E-state index is 13.1. The summed E-state index contributed by atoms with van der Waals surface area (Å²) in [4.78, 5) is 38.4. The zero-order valence-electron chi connectivity index (χ0n) is 18.1. The number of hydrogen-bond acceptors (Lipinski definition) is 5. The monoisotopic (exact) mass is 407 g/mol. The van der Waals surface area contributed by atoms with Crippen molar-refractivity contribution in [1.82, 2.24) is 20.2 Å². The lowest BCUT2D eigenvalue weighted by Crippen LogP contribution is -2.49. The second kappa shape index (κ2) is 8.05. The summed E-state index contributed by atoms with van der Waals surface area (Å²) in [5, 5.41) is 2.89. The Morgan fingerprint density at radius 1 is 1.03 bits per heavy atom. The van der Waals surface area contributed by atoms with Crippen LogP contribution in [-0.2, 0) is 4.79 Å². The molecular weight excluding hydrogens is 378 g/mol. The van der Waals surface area contributed by atoms with Crippen LogP contribution in [0.2, 0.25) is 0 Å². The van der Waals surface area contributed by atoms with Crippen LogP contribution in [0, 0.1) is 26.7 Å². The summed E-state index contributed by atoms with van der Waals surface area (Å²) in [6.45, 7) is 11.6. The molecule has 0 saturated carbocycles. The van der Waals surface area contributed by atoms with Gasteiger partial charge in [-0.05, 0) is 49.4 Å². The Labute approximate surface area is 177 Å². The topological polar surface area (TPSA) is 78.4 Å². The highest BCUT2D eigenvalue weighted by Gasteiger charge is 2.34. The van der Waals surface area contributed by atoms with E-state index in [-0.39, 0.29) is 23.7 Å². The van der Waals surface area contributed by atoms with Gasteiger partial charge in [-0.3, -0.25) is 14.6 Å². The standard InChI is InChI=1S/C23H29N5O2/c1-14-9-16(3)21(25-11-14)27-5-7-28(8-6-27)23(30)18-13-24-19(10-15(18)2)20-17(4)12-26-22(20)29/h9-11,13,17,20H,5-8,12H2,1-4H3,(H,26,29)/t17?,20-/m1/s1. The molecule has 2 aliphatic heterocycles. The van der Waals surface area contributed by atoms with Crippen LogP contribution in [-0.4, -0.2) is 59.4 Å². The Hall–Kier alpha value is -2.96. The van der Waals surface area contributed by atoms with Gasteiger partial charge in [-0.25, -0.2) is 4.98 Å². The molecule has 7 nitrogen and oxygen atoms in total. The van der Waals surface area contributed by atoms with E-state index in [1.807, 2.05) is 37.9 Å². The molecule has 158 valence electrons. The van der Waals surface area contributed by atoms with Gasteiger partial charge in [0, 0.05) is 45.1 Å². The summed E-state index contributed by atoms with van der Waals surface area (Å²) in [5.74, 6) is 0.992. The number of hydrogen-bond donors (Lipinski definition) is 1. The van der Waals surface area contributed by atoms with Crippen LogP contribution in [0.1, 0.15) is 45.6 Å². The van der Waals surface area contributed by atoms with Crippen molar-refractivity contribution in [3.8, 4) is 0 Å². The maximum Gasteiger partial charge on any atom is 0.255 e. The number of amides is 2. The lowest BCUT2D eigenvalue weighted by molar-refractivity contribution is -0.120. The molecule has 0 aliphatic carbocycles. The van der Waals surface area contributed by atoms with E-state index in [1.54, 1.807) is 6.20 Å². The lowest BCUT2D eigenvalue weighted by Gasteiger charge is -2.36. The summed E-state index contributed by atoms with van der Waals surface area (Å²) in [6, 6.07) is 4.04. The Bertz CT molecular complexity index is 982. The summed E-state index contributed by atoms with van der Waals surface area (Å²) in [5.41, 5.74) is 4.55. The van der Waals surface area contributed by atoms with Crippen LogP contribution >= 0.6 is 0 Å². The van der Waals surface area contributed by atoms with Crippen molar-refractivity contribution in [2.24, 2.45) is 5.92 Å². The number of piperazine rings is 1. The second-order valence-corrected chi connectivity index (χ2v) is 8.56. The smallest absolute Gasteiger partial charge is 0.255 e. The Morgan fingerprint density at radius 2 is 1.77 bits per heavy atom. The van der Waals surface area contributed by atoms with E-state index in [4.69, 9.17) is 0 Å². The van der Waals surface area contributed by atoms with Gasteiger partial charge >= 0.3 is 0 Å². The molecule has 1 N–H and O–H groups in total. The fraction of sp³-hybridized carbons (Fsp3) is 0.478. The first kappa shape index (κ1) is 20.3. The van der Waals surface area contributed by atoms with E-state index in [0.29, 0.717) is 25.2 Å². The molecule has 1 unspecified atom stereocenters. The van der Waals surface area contributed by atoms with Gasteiger partial charge < -0.3 is 15.1 Å². The van der Waals surface area contributed by atoms with Gasteiger partial charge in [0.05, 0.1) is 17.2 Å². The molecule has 2 amide bonds. The van der Waals surface area contributed by atoms with Gasteiger partial charge in [0.25, 0.3) is 5.91 Å². The highest BCUT2D eigenvalue weighted by atomic mass is 16.2. The first-order chi connectivity index (χ1) is 14.3. The Morgan fingerprint density at radius 3 is 2.37 bits per heavy atom. The van der Waals surface area contributed by atoms with Crippen LogP contribution in [0.3, 0.4) is 0 Å². The number of carbonyl (C=O) groups excluding carboxylic acids is 2. The Balaban J connectivity index is 1.45. The van der Waals surface area contributed by atoms with Crippen molar-refractivity contribution in [1.29, 1.82) is 0 Å². The van der Waals surface area contributed by atoms with Gasteiger partial charge in [0.1, 0.15) is 5.82 Å². The highest BCUT2D eigenvalue weighted by molar-refractivity contribution is 5.95. The van der Waals surface area contributed by atoms with Crippen LogP contribution in [0.4, 0.5) is 5.82 Å². The van der Waals surface area contributed by atoms with Gasteiger partial charge in [-0.1, -0.05) is 13.0 Å². The van der Waals surface area contributed by atoms with Crippen LogP contribution in [0.25, 0.3) is 0 Å². The third-order valence-electron chi connectivity index (χ3n) is 6.18.